The number of sulfonamides is 1. The van der Waals surface area contributed by atoms with E-state index in [2.05, 4.69) is 4.90 Å². The number of rotatable bonds is 6. The maximum Gasteiger partial charge on any atom is 0.246 e. The Kier molecular flexibility index (Phi) is 7.93. The molecule has 0 radical (unpaired) electrons. The fourth-order valence-electron chi connectivity index (χ4n) is 4.75. The van der Waals surface area contributed by atoms with Crippen molar-refractivity contribution in [3.05, 3.63) is 12.2 Å². The van der Waals surface area contributed by atoms with Gasteiger partial charge in [0.2, 0.25) is 21.8 Å². The van der Waals surface area contributed by atoms with Crippen LogP contribution in [-0.2, 0) is 19.6 Å². The highest BCUT2D eigenvalue weighted by Crippen LogP contribution is 2.40. The lowest BCUT2D eigenvalue weighted by atomic mass is 9.89. The maximum absolute atomic E-state index is 12.6. The van der Waals surface area contributed by atoms with Gasteiger partial charge in [-0.25, -0.2) is 12.7 Å². The van der Waals surface area contributed by atoms with Crippen molar-refractivity contribution in [2.45, 2.75) is 45.1 Å². The van der Waals surface area contributed by atoms with Gasteiger partial charge in [0.1, 0.15) is 0 Å². The van der Waals surface area contributed by atoms with Crippen LogP contribution >= 0.6 is 12.4 Å². The molecule has 3 saturated heterocycles. The topological polar surface area (TPSA) is 78.0 Å². The number of piperidine rings is 1. The van der Waals surface area contributed by atoms with Crippen LogP contribution in [0.15, 0.2) is 12.2 Å². The summed E-state index contributed by atoms with van der Waals surface area (Å²) in [4.78, 5) is 29.2. The van der Waals surface area contributed by atoms with Crippen molar-refractivity contribution in [3.8, 4) is 0 Å². The lowest BCUT2D eigenvalue weighted by Gasteiger charge is -2.25. The molecule has 0 N–H and O–H groups in total. The van der Waals surface area contributed by atoms with E-state index in [1.54, 1.807) is 11.0 Å². The number of hydrogen-bond acceptors (Lipinski definition) is 5. The molecule has 7 nitrogen and oxygen atoms in total. The Morgan fingerprint density at radius 1 is 1.18 bits per heavy atom. The third kappa shape index (κ3) is 4.89. The average molecular weight is 434 g/mol. The molecule has 160 valence electrons. The van der Waals surface area contributed by atoms with E-state index in [1.165, 1.54) is 19.3 Å². The summed E-state index contributed by atoms with van der Waals surface area (Å²) in [6.45, 7) is 5.69. The Morgan fingerprint density at radius 2 is 1.86 bits per heavy atom. The van der Waals surface area contributed by atoms with Gasteiger partial charge in [-0.2, -0.15) is 0 Å². The van der Waals surface area contributed by atoms with Gasteiger partial charge >= 0.3 is 0 Å². The van der Waals surface area contributed by atoms with E-state index in [9.17, 15) is 18.0 Å². The van der Waals surface area contributed by atoms with E-state index in [0.717, 1.165) is 36.6 Å². The zero-order valence-electron chi connectivity index (χ0n) is 16.7. The highest BCUT2D eigenvalue weighted by molar-refractivity contribution is 7.88. The molecule has 3 heterocycles. The minimum Gasteiger partial charge on any atom is -0.337 e. The van der Waals surface area contributed by atoms with Crippen LogP contribution in [0.5, 0.6) is 0 Å². The average Bonchev–Trinajstić information content (AvgIpc) is 3.13. The first kappa shape index (κ1) is 23.2. The van der Waals surface area contributed by atoms with Crippen molar-refractivity contribution in [3.63, 3.8) is 0 Å². The number of carbonyl (C=O) groups excluding carboxylic acids is 2. The standard InChI is InChI=1S/C19H31N3O4S.ClH/c1-3-8-15-16-13-21(14-17(16)22(19(15)24)27(2,25)26)18(23)9-7-12-20-10-5-4-6-11-20;/h7,9,15-17H,3-6,8,10-14H2,1-2H3;1H/t15-,16-,17+;/m1./s1. The summed E-state index contributed by atoms with van der Waals surface area (Å²) in [5.41, 5.74) is 0. The summed E-state index contributed by atoms with van der Waals surface area (Å²) in [6.07, 6.45) is 9.79. The molecule has 0 aromatic heterocycles. The van der Waals surface area contributed by atoms with E-state index >= 15 is 0 Å². The second-order valence-electron chi connectivity index (χ2n) is 8.03. The number of amides is 2. The predicted molar refractivity (Wildman–Crippen MR) is 111 cm³/mol. The van der Waals surface area contributed by atoms with Crippen molar-refractivity contribution in [1.82, 2.24) is 14.1 Å². The first-order valence-corrected chi connectivity index (χ1v) is 11.9. The smallest absolute Gasteiger partial charge is 0.246 e. The van der Waals surface area contributed by atoms with Crippen LogP contribution in [0, 0.1) is 11.8 Å². The SMILES string of the molecule is CCC[C@H]1C(=O)N(S(C)(=O)=O)[C@H]2CN(C(=O)C=CCN3CCCCC3)C[C@H]12.Cl. The first-order valence-electron chi connectivity index (χ1n) is 10.0. The zero-order valence-corrected chi connectivity index (χ0v) is 18.4. The van der Waals surface area contributed by atoms with Gasteiger partial charge in [-0.05, 0) is 32.4 Å². The normalized spacial score (nSPS) is 28.6. The van der Waals surface area contributed by atoms with Gasteiger partial charge in [0.25, 0.3) is 0 Å². The lowest BCUT2D eigenvalue weighted by molar-refractivity contribution is -0.131. The zero-order chi connectivity index (χ0) is 19.6. The van der Waals surface area contributed by atoms with E-state index in [4.69, 9.17) is 0 Å². The molecule has 0 bridgehead atoms. The summed E-state index contributed by atoms with van der Waals surface area (Å²) in [7, 11) is -3.62. The molecule has 3 aliphatic rings. The molecule has 3 fully saturated rings. The molecule has 0 spiro atoms. The van der Waals surface area contributed by atoms with Crippen LogP contribution in [-0.4, -0.2) is 79.4 Å². The number of nitrogens with zero attached hydrogens (tertiary/aromatic N) is 3. The highest BCUT2D eigenvalue weighted by Gasteiger charge is 2.55. The maximum atomic E-state index is 12.6. The molecular formula is C19H32ClN3O4S. The van der Waals surface area contributed by atoms with Gasteiger partial charge in [0.05, 0.1) is 12.3 Å². The van der Waals surface area contributed by atoms with Gasteiger partial charge in [-0.3, -0.25) is 14.5 Å². The quantitative estimate of drug-likeness (QED) is 0.593. The summed E-state index contributed by atoms with van der Waals surface area (Å²) < 4.78 is 25.3. The first-order chi connectivity index (χ1) is 12.8. The number of hydrogen-bond donors (Lipinski definition) is 0. The molecule has 28 heavy (non-hydrogen) atoms. The Hall–Kier alpha value is -1.12. The predicted octanol–water partition coefficient (Wildman–Crippen LogP) is 1.50. The van der Waals surface area contributed by atoms with Gasteiger partial charge in [-0.15, -0.1) is 12.4 Å². The molecular weight excluding hydrogens is 402 g/mol. The number of likely N-dealkylation sites (tertiary alicyclic amines) is 2. The van der Waals surface area contributed by atoms with Crippen molar-refractivity contribution in [2.75, 3.05) is 39.0 Å². The Bertz CT molecular complexity index is 706. The molecule has 0 saturated carbocycles. The van der Waals surface area contributed by atoms with Crippen LogP contribution in [0.25, 0.3) is 0 Å². The Balaban J connectivity index is 0.00000280. The van der Waals surface area contributed by atoms with Crippen molar-refractivity contribution in [2.24, 2.45) is 11.8 Å². The van der Waals surface area contributed by atoms with Crippen molar-refractivity contribution < 1.29 is 18.0 Å². The second kappa shape index (κ2) is 9.59. The number of halogens is 1. The van der Waals surface area contributed by atoms with Gasteiger partial charge in [0, 0.05) is 37.5 Å². The molecule has 9 heteroatoms. The second-order valence-corrected chi connectivity index (χ2v) is 9.89. The number of fused-ring (bicyclic) bond motifs is 1. The van der Waals surface area contributed by atoms with Crippen molar-refractivity contribution in [1.29, 1.82) is 0 Å². The fourth-order valence-corrected chi connectivity index (χ4v) is 5.93. The highest BCUT2D eigenvalue weighted by atomic mass is 35.5. The minimum atomic E-state index is -3.62. The lowest BCUT2D eigenvalue weighted by Crippen LogP contribution is -2.42. The fraction of sp³-hybridized carbons (Fsp3) is 0.789. The molecule has 0 unspecified atom stereocenters. The summed E-state index contributed by atoms with van der Waals surface area (Å²) in [6, 6.07) is -0.413. The van der Waals surface area contributed by atoms with E-state index in [-0.39, 0.29) is 36.1 Å². The largest absolute Gasteiger partial charge is 0.337 e. The molecule has 0 aromatic rings. The van der Waals surface area contributed by atoms with Gasteiger partial charge in [-0.1, -0.05) is 25.8 Å². The van der Waals surface area contributed by atoms with Crippen LogP contribution in [0.2, 0.25) is 0 Å². The van der Waals surface area contributed by atoms with Crippen LogP contribution in [0.1, 0.15) is 39.0 Å². The van der Waals surface area contributed by atoms with E-state index in [0.29, 0.717) is 19.5 Å². The molecule has 3 rings (SSSR count). The third-order valence-electron chi connectivity index (χ3n) is 6.03. The molecule has 2 amide bonds. The van der Waals surface area contributed by atoms with Gasteiger partial charge < -0.3 is 4.90 Å². The van der Waals surface area contributed by atoms with Crippen LogP contribution in [0.4, 0.5) is 0 Å². The number of carbonyl (C=O) groups is 2. The van der Waals surface area contributed by atoms with Crippen molar-refractivity contribution >= 4 is 34.2 Å². The Morgan fingerprint density at radius 3 is 2.46 bits per heavy atom. The van der Waals surface area contributed by atoms with Crippen LogP contribution in [0.3, 0.4) is 0 Å². The summed E-state index contributed by atoms with van der Waals surface area (Å²) >= 11 is 0. The summed E-state index contributed by atoms with van der Waals surface area (Å²) in [5, 5.41) is 0. The molecule has 3 aliphatic heterocycles. The third-order valence-corrected chi connectivity index (χ3v) is 7.19. The molecule has 0 aliphatic carbocycles. The monoisotopic (exact) mass is 433 g/mol. The Labute approximate surface area is 174 Å². The molecule has 3 atom stereocenters. The van der Waals surface area contributed by atoms with Crippen LogP contribution < -0.4 is 0 Å². The van der Waals surface area contributed by atoms with E-state index in [1.807, 2.05) is 13.0 Å². The molecule has 0 aromatic carbocycles. The summed E-state index contributed by atoms with van der Waals surface area (Å²) in [5.74, 6) is -0.767. The van der Waals surface area contributed by atoms with E-state index < -0.39 is 16.1 Å². The minimum absolute atomic E-state index is 0. The van der Waals surface area contributed by atoms with Gasteiger partial charge in [0.15, 0.2) is 0 Å².